The van der Waals surface area contributed by atoms with Crippen molar-refractivity contribution in [3.05, 3.63) is 100 Å². The number of halogens is 2. The number of imide groups is 1. The molecular weight excluding hydrogens is 398 g/mol. The monoisotopic (exact) mass is 418 g/mol. The van der Waals surface area contributed by atoms with Crippen LogP contribution in [0.2, 0.25) is 0 Å². The van der Waals surface area contributed by atoms with E-state index in [0.29, 0.717) is 16.2 Å². The minimum Gasteiger partial charge on any atom is -0.350 e. The average molecular weight is 418 g/mol. The zero-order valence-corrected chi connectivity index (χ0v) is 17.3. The number of amides is 2. The van der Waals surface area contributed by atoms with Gasteiger partial charge in [-0.15, -0.1) is 0 Å². The molecule has 6 heteroatoms. The van der Waals surface area contributed by atoms with Gasteiger partial charge in [-0.1, -0.05) is 42.0 Å². The van der Waals surface area contributed by atoms with Gasteiger partial charge in [0.25, 0.3) is 11.8 Å². The Kier molecular flexibility index (Phi) is 5.15. The van der Waals surface area contributed by atoms with E-state index < -0.39 is 29.1 Å². The quantitative estimate of drug-likeness (QED) is 0.586. The number of benzene rings is 3. The number of nitrogens with one attached hydrogen (secondary N) is 1. The van der Waals surface area contributed by atoms with Gasteiger partial charge in [0, 0.05) is 11.8 Å². The predicted molar refractivity (Wildman–Crippen MR) is 116 cm³/mol. The minimum absolute atomic E-state index is 0.0196. The molecule has 0 saturated carbocycles. The molecule has 156 valence electrons. The first-order valence-corrected chi connectivity index (χ1v) is 9.75. The Hall–Kier alpha value is -3.80. The molecule has 0 atom stereocenters. The molecule has 3 aromatic carbocycles. The zero-order chi connectivity index (χ0) is 22.3. The van der Waals surface area contributed by atoms with Gasteiger partial charge in [-0.2, -0.15) is 0 Å². The molecule has 4 nitrogen and oxygen atoms in total. The molecule has 2 amide bonds. The van der Waals surface area contributed by atoms with Crippen LogP contribution < -0.4 is 10.2 Å². The van der Waals surface area contributed by atoms with E-state index in [1.807, 2.05) is 51.1 Å². The molecule has 31 heavy (non-hydrogen) atoms. The smallest absolute Gasteiger partial charge is 0.282 e. The van der Waals surface area contributed by atoms with Gasteiger partial charge in [-0.3, -0.25) is 9.59 Å². The van der Waals surface area contributed by atoms with Crippen molar-refractivity contribution in [2.24, 2.45) is 0 Å². The summed E-state index contributed by atoms with van der Waals surface area (Å²) in [4.78, 5) is 27.3. The molecule has 0 unspecified atom stereocenters. The van der Waals surface area contributed by atoms with E-state index in [2.05, 4.69) is 5.32 Å². The zero-order valence-electron chi connectivity index (χ0n) is 17.3. The number of hydrogen-bond donors (Lipinski definition) is 1. The van der Waals surface area contributed by atoms with Crippen LogP contribution in [0.25, 0.3) is 5.57 Å². The number of rotatable bonds is 4. The second-order valence-electron chi connectivity index (χ2n) is 7.60. The first kappa shape index (κ1) is 20.5. The van der Waals surface area contributed by atoms with Crippen molar-refractivity contribution in [1.82, 2.24) is 0 Å². The van der Waals surface area contributed by atoms with E-state index in [1.165, 1.54) is 0 Å². The van der Waals surface area contributed by atoms with Crippen molar-refractivity contribution >= 4 is 28.8 Å². The Morgan fingerprint density at radius 2 is 1.45 bits per heavy atom. The molecule has 0 aliphatic carbocycles. The summed E-state index contributed by atoms with van der Waals surface area (Å²) in [6.45, 7) is 5.69. The van der Waals surface area contributed by atoms with Crippen molar-refractivity contribution in [2.45, 2.75) is 20.8 Å². The van der Waals surface area contributed by atoms with Gasteiger partial charge >= 0.3 is 0 Å². The number of nitrogens with zero attached hydrogens (tertiary/aromatic N) is 1. The third-order valence-electron chi connectivity index (χ3n) is 5.23. The molecule has 0 aromatic heterocycles. The van der Waals surface area contributed by atoms with Crippen LogP contribution in [0.3, 0.4) is 0 Å². The maximum Gasteiger partial charge on any atom is 0.282 e. The molecule has 4 rings (SSSR count). The summed E-state index contributed by atoms with van der Waals surface area (Å²) in [5.74, 6) is -3.07. The van der Waals surface area contributed by atoms with Crippen LogP contribution >= 0.6 is 0 Å². The molecule has 0 spiro atoms. The molecular formula is C25H20F2N2O2. The molecule has 1 aliphatic rings. The summed E-state index contributed by atoms with van der Waals surface area (Å²) in [5, 5.41) is 3.08. The van der Waals surface area contributed by atoms with Gasteiger partial charge in [0.05, 0.1) is 11.3 Å². The van der Waals surface area contributed by atoms with Crippen molar-refractivity contribution < 1.29 is 18.4 Å². The molecule has 1 N–H and O–H groups in total. The fourth-order valence-corrected chi connectivity index (χ4v) is 3.51. The van der Waals surface area contributed by atoms with Gasteiger partial charge in [-0.25, -0.2) is 13.7 Å². The van der Waals surface area contributed by atoms with Crippen LogP contribution in [-0.4, -0.2) is 11.8 Å². The Balaban J connectivity index is 1.88. The van der Waals surface area contributed by atoms with Crippen LogP contribution in [0.15, 0.2) is 66.4 Å². The van der Waals surface area contributed by atoms with Crippen LogP contribution in [0.1, 0.15) is 22.3 Å². The maximum absolute atomic E-state index is 14.5. The second-order valence-corrected chi connectivity index (χ2v) is 7.60. The van der Waals surface area contributed by atoms with Crippen LogP contribution in [0, 0.1) is 32.4 Å². The van der Waals surface area contributed by atoms with E-state index in [4.69, 9.17) is 0 Å². The van der Waals surface area contributed by atoms with Crippen molar-refractivity contribution in [3.8, 4) is 0 Å². The highest BCUT2D eigenvalue weighted by Crippen LogP contribution is 2.35. The Morgan fingerprint density at radius 1 is 0.774 bits per heavy atom. The molecule has 3 aromatic rings. The van der Waals surface area contributed by atoms with Crippen molar-refractivity contribution in [2.75, 3.05) is 10.2 Å². The molecule has 1 aliphatic heterocycles. The van der Waals surface area contributed by atoms with E-state index in [9.17, 15) is 18.4 Å². The third-order valence-corrected chi connectivity index (χ3v) is 5.23. The summed E-state index contributed by atoms with van der Waals surface area (Å²) >= 11 is 0. The lowest BCUT2D eigenvalue weighted by Crippen LogP contribution is -2.33. The summed E-state index contributed by atoms with van der Waals surface area (Å²) < 4.78 is 28.3. The lowest BCUT2D eigenvalue weighted by molar-refractivity contribution is -0.120. The van der Waals surface area contributed by atoms with Gasteiger partial charge in [0.2, 0.25) is 0 Å². The van der Waals surface area contributed by atoms with Crippen molar-refractivity contribution in [1.29, 1.82) is 0 Å². The van der Waals surface area contributed by atoms with Gasteiger partial charge < -0.3 is 5.32 Å². The Labute approximate surface area is 178 Å². The first-order valence-electron chi connectivity index (χ1n) is 9.75. The maximum atomic E-state index is 14.5. The highest BCUT2D eigenvalue weighted by Gasteiger charge is 2.41. The van der Waals surface area contributed by atoms with Gasteiger partial charge in [-0.05, 0) is 55.7 Å². The first-order chi connectivity index (χ1) is 14.8. The van der Waals surface area contributed by atoms with E-state index in [0.717, 1.165) is 34.9 Å². The standard InChI is InChI=1S/C25H20F2N2O2/c1-14-5-8-17(9-6-14)22-23(28-20-12-15(2)4-7-16(20)3)25(31)29(24(22)30)21-13-18(26)10-11-19(21)27/h4-13,28H,1-3H3. The van der Waals surface area contributed by atoms with E-state index in [1.54, 1.807) is 12.1 Å². The van der Waals surface area contributed by atoms with Crippen LogP contribution in [0.5, 0.6) is 0 Å². The number of hydrogen-bond acceptors (Lipinski definition) is 3. The SMILES string of the molecule is Cc1ccc(C2=C(Nc3cc(C)ccc3C)C(=O)N(c3cc(F)ccc3F)C2=O)cc1. The third kappa shape index (κ3) is 3.72. The summed E-state index contributed by atoms with van der Waals surface area (Å²) in [6.07, 6.45) is 0. The molecule has 0 bridgehead atoms. The van der Waals surface area contributed by atoms with Crippen LogP contribution in [-0.2, 0) is 9.59 Å². The topological polar surface area (TPSA) is 49.4 Å². The number of aryl methyl sites for hydroxylation is 3. The van der Waals surface area contributed by atoms with E-state index in [-0.39, 0.29) is 11.3 Å². The molecule has 0 radical (unpaired) electrons. The van der Waals surface area contributed by atoms with Gasteiger partial charge in [0.15, 0.2) is 0 Å². The second kappa shape index (κ2) is 7.80. The number of carbonyl (C=O) groups is 2. The van der Waals surface area contributed by atoms with E-state index >= 15 is 0 Å². The van der Waals surface area contributed by atoms with Crippen molar-refractivity contribution in [3.63, 3.8) is 0 Å². The molecule has 0 fully saturated rings. The summed E-state index contributed by atoms with van der Waals surface area (Å²) in [7, 11) is 0. The normalized spacial score (nSPS) is 13.9. The Bertz CT molecular complexity index is 1250. The lowest BCUT2D eigenvalue weighted by atomic mass is 10.0. The van der Waals surface area contributed by atoms with Gasteiger partial charge in [0.1, 0.15) is 17.3 Å². The average Bonchev–Trinajstić information content (AvgIpc) is 2.97. The largest absolute Gasteiger partial charge is 0.350 e. The Morgan fingerprint density at radius 3 is 2.16 bits per heavy atom. The predicted octanol–water partition coefficient (Wildman–Crippen LogP) is 5.29. The number of carbonyl (C=O) groups excluding carboxylic acids is 2. The summed E-state index contributed by atoms with van der Waals surface area (Å²) in [6, 6.07) is 15.5. The minimum atomic E-state index is -0.862. The highest BCUT2D eigenvalue weighted by atomic mass is 19.1. The van der Waals surface area contributed by atoms with Crippen LogP contribution in [0.4, 0.5) is 20.2 Å². The molecule has 0 saturated heterocycles. The fraction of sp³-hybridized carbons (Fsp3) is 0.120. The highest BCUT2D eigenvalue weighted by molar-refractivity contribution is 6.46. The number of anilines is 2. The summed E-state index contributed by atoms with van der Waals surface area (Å²) in [5.41, 5.74) is 3.70. The molecule has 1 heterocycles. The fourth-order valence-electron chi connectivity index (χ4n) is 3.51. The lowest BCUT2D eigenvalue weighted by Gasteiger charge is -2.16.